The molecule has 1 amide bonds. The smallest absolute Gasteiger partial charge is 0.422 e. The molecule has 1 N–H and O–H groups in total. The van der Waals surface area contributed by atoms with Crippen LogP contribution in [-0.2, 0) is 10.0 Å². The van der Waals surface area contributed by atoms with Crippen molar-refractivity contribution in [1.82, 2.24) is 4.31 Å². The summed E-state index contributed by atoms with van der Waals surface area (Å²) in [6.45, 7) is 0.693. The van der Waals surface area contributed by atoms with Gasteiger partial charge < -0.3 is 14.5 Å². The van der Waals surface area contributed by atoms with Crippen molar-refractivity contribution in [1.29, 1.82) is 0 Å². The molecule has 1 aromatic heterocycles. The average molecular weight is 432 g/mol. The number of sulfonamides is 1. The van der Waals surface area contributed by atoms with Crippen LogP contribution in [0.5, 0.6) is 5.75 Å². The Morgan fingerprint density at radius 1 is 1.24 bits per heavy atom. The molecule has 1 aliphatic heterocycles. The van der Waals surface area contributed by atoms with Crippen LogP contribution in [0.3, 0.4) is 0 Å². The molecule has 0 bridgehead atoms. The number of nitrogens with zero attached hydrogens (tertiary/aromatic N) is 1. The molecule has 1 fully saturated rings. The zero-order valence-corrected chi connectivity index (χ0v) is 16.3. The van der Waals surface area contributed by atoms with Crippen molar-refractivity contribution in [2.75, 3.05) is 25.0 Å². The summed E-state index contributed by atoms with van der Waals surface area (Å²) in [6.07, 6.45) is -1.84. The zero-order chi connectivity index (χ0) is 21.2. The first-order valence-corrected chi connectivity index (χ1v) is 10.2. The molecule has 2 heterocycles. The molecule has 29 heavy (non-hydrogen) atoms. The first-order valence-electron chi connectivity index (χ1n) is 8.77. The van der Waals surface area contributed by atoms with Gasteiger partial charge in [0.25, 0.3) is 5.91 Å². The van der Waals surface area contributed by atoms with Crippen LogP contribution in [0.1, 0.15) is 29.0 Å². The predicted octanol–water partition coefficient (Wildman–Crippen LogP) is 3.57. The van der Waals surface area contributed by atoms with Gasteiger partial charge >= 0.3 is 6.18 Å². The number of aryl methyl sites for hydroxylation is 1. The molecule has 0 atom stereocenters. The minimum Gasteiger partial charge on any atom is -0.482 e. The largest absolute Gasteiger partial charge is 0.482 e. The molecule has 1 saturated heterocycles. The quantitative estimate of drug-likeness (QED) is 0.754. The van der Waals surface area contributed by atoms with E-state index in [0.29, 0.717) is 18.8 Å². The Hall–Kier alpha value is -2.53. The summed E-state index contributed by atoms with van der Waals surface area (Å²) in [6, 6.07) is 4.77. The number of carbonyl (C=O) groups excluding carboxylic acids is 1. The third kappa shape index (κ3) is 4.91. The number of hydrogen-bond acceptors (Lipinski definition) is 5. The van der Waals surface area contributed by atoms with Gasteiger partial charge in [0.1, 0.15) is 11.5 Å². The summed E-state index contributed by atoms with van der Waals surface area (Å²) in [4.78, 5) is 12.3. The van der Waals surface area contributed by atoms with E-state index in [1.165, 1.54) is 16.6 Å². The molecule has 0 spiro atoms. The van der Waals surface area contributed by atoms with Crippen LogP contribution >= 0.6 is 0 Å². The van der Waals surface area contributed by atoms with E-state index in [1.807, 2.05) is 0 Å². The van der Waals surface area contributed by atoms with Crippen molar-refractivity contribution in [2.45, 2.75) is 30.8 Å². The maximum absolute atomic E-state index is 12.8. The maximum Gasteiger partial charge on any atom is 0.422 e. The van der Waals surface area contributed by atoms with Crippen LogP contribution in [-0.4, -0.2) is 44.5 Å². The Balaban J connectivity index is 1.94. The van der Waals surface area contributed by atoms with Crippen LogP contribution in [0.2, 0.25) is 0 Å². The Bertz CT molecular complexity index is 995. The molecule has 7 nitrogen and oxygen atoms in total. The molecule has 0 unspecified atom stereocenters. The molecular weight excluding hydrogens is 413 g/mol. The molecular formula is C18H19F3N2O5S. The zero-order valence-electron chi connectivity index (χ0n) is 15.5. The lowest BCUT2D eigenvalue weighted by atomic mass is 10.2. The van der Waals surface area contributed by atoms with Crippen LogP contribution in [0.25, 0.3) is 0 Å². The third-order valence-corrected chi connectivity index (χ3v) is 6.29. The van der Waals surface area contributed by atoms with Crippen LogP contribution in [0, 0.1) is 6.92 Å². The lowest BCUT2D eigenvalue weighted by Crippen LogP contribution is -2.28. The minimum atomic E-state index is -4.59. The van der Waals surface area contributed by atoms with Gasteiger partial charge in [0.05, 0.1) is 22.4 Å². The number of amides is 1. The van der Waals surface area contributed by atoms with Gasteiger partial charge in [0.2, 0.25) is 10.0 Å². The fraction of sp³-hybridized carbons (Fsp3) is 0.389. The van der Waals surface area contributed by atoms with Crippen molar-refractivity contribution in [3.8, 4) is 5.75 Å². The molecule has 0 saturated carbocycles. The Labute approximate surface area is 165 Å². The highest BCUT2D eigenvalue weighted by atomic mass is 32.2. The van der Waals surface area contributed by atoms with E-state index < -0.39 is 28.7 Å². The molecule has 1 aliphatic rings. The van der Waals surface area contributed by atoms with Gasteiger partial charge in [-0.25, -0.2) is 8.42 Å². The van der Waals surface area contributed by atoms with Crippen molar-refractivity contribution in [3.05, 3.63) is 41.9 Å². The number of rotatable bonds is 6. The van der Waals surface area contributed by atoms with Crippen LogP contribution in [0.4, 0.5) is 18.9 Å². The lowest BCUT2D eigenvalue weighted by Gasteiger charge is -2.18. The first-order chi connectivity index (χ1) is 13.6. The maximum atomic E-state index is 12.8. The average Bonchev–Trinajstić information content (AvgIpc) is 3.31. The van der Waals surface area contributed by atoms with E-state index in [4.69, 9.17) is 9.15 Å². The van der Waals surface area contributed by atoms with E-state index >= 15 is 0 Å². The van der Waals surface area contributed by atoms with E-state index in [-0.39, 0.29) is 21.9 Å². The first kappa shape index (κ1) is 21.2. The fourth-order valence-corrected chi connectivity index (χ4v) is 4.48. The monoisotopic (exact) mass is 432 g/mol. The summed E-state index contributed by atoms with van der Waals surface area (Å²) in [7, 11) is -3.83. The van der Waals surface area contributed by atoms with Crippen LogP contribution < -0.4 is 10.1 Å². The predicted molar refractivity (Wildman–Crippen MR) is 97.4 cm³/mol. The second-order valence-corrected chi connectivity index (χ2v) is 8.46. The molecule has 158 valence electrons. The van der Waals surface area contributed by atoms with Gasteiger partial charge in [-0.3, -0.25) is 4.79 Å². The second kappa shape index (κ2) is 8.07. The minimum absolute atomic E-state index is 0.141. The molecule has 2 aromatic rings. The van der Waals surface area contributed by atoms with Crippen molar-refractivity contribution < 1.29 is 35.5 Å². The number of halogens is 3. The molecule has 0 radical (unpaired) electrons. The number of anilines is 1. The van der Waals surface area contributed by atoms with Gasteiger partial charge in [-0.2, -0.15) is 17.5 Å². The van der Waals surface area contributed by atoms with E-state index in [1.54, 1.807) is 6.92 Å². The highest BCUT2D eigenvalue weighted by Gasteiger charge is 2.31. The van der Waals surface area contributed by atoms with Crippen LogP contribution in [0.15, 0.2) is 39.8 Å². The number of furan rings is 1. The number of hydrogen-bond donors (Lipinski definition) is 1. The van der Waals surface area contributed by atoms with E-state index in [2.05, 4.69) is 5.32 Å². The Kier molecular flexibility index (Phi) is 5.90. The van der Waals surface area contributed by atoms with Gasteiger partial charge in [-0.15, -0.1) is 0 Å². The third-order valence-electron chi connectivity index (χ3n) is 4.40. The molecule has 3 rings (SSSR count). The van der Waals surface area contributed by atoms with Gasteiger partial charge in [-0.1, -0.05) is 0 Å². The Morgan fingerprint density at radius 3 is 2.52 bits per heavy atom. The topological polar surface area (TPSA) is 88.8 Å². The number of nitrogens with one attached hydrogen (secondary N) is 1. The van der Waals surface area contributed by atoms with Gasteiger partial charge in [0.15, 0.2) is 6.61 Å². The summed E-state index contributed by atoms with van der Waals surface area (Å²) in [5, 5.41) is 2.42. The summed E-state index contributed by atoms with van der Waals surface area (Å²) < 4.78 is 74.3. The molecule has 1 aromatic carbocycles. The standard InChI is InChI=1S/C18H19F3N2O5S/c1-12-14(6-9-27-12)17(24)22-15-10-13(29(25,26)23-7-2-3-8-23)4-5-16(15)28-11-18(19,20)21/h4-6,9-10H,2-3,7-8,11H2,1H3,(H,22,24). The van der Waals surface area contributed by atoms with Crippen molar-refractivity contribution in [2.24, 2.45) is 0 Å². The molecule has 0 aliphatic carbocycles. The van der Waals surface area contributed by atoms with Crippen molar-refractivity contribution >= 4 is 21.6 Å². The number of carbonyl (C=O) groups is 1. The summed E-state index contributed by atoms with van der Waals surface area (Å²) in [5.41, 5.74) is -0.0142. The SMILES string of the molecule is Cc1occc1C(=O)Nc1cc(S(=O)(=O)N2CCCC2)ccc1OCC(F)(F)F. The van der Waals surface area contributed by atoms with E-state index in [9.17, 15) is 26.4 Å². The highest BCUT2D eigenvalue weighted by molar-refractivity contribution is 7.89. The second-order valence-electron chi connectivity index (χ2n) is 6.52. The van der Waals surface area contributed by atoms with E-state index in [0.717, 1.165) is 31.0 Å². The van der Waals surface area contributed by atoms with Crippen molar-refractivity contribution in [3.63, 3.8) is 0 Å². The summed E-state index contributed by atoms with van der Waals surface area (Å²) >= 11 is 0. The highest BCUT2D eigenvalue weighted by Crippen LogP contribution is 2.32. The Morgan fingerprint density at radius 2 is 1.93 bits per heavy atom. The molecule has 11 heteroatoms. The van der Waals surface area contributed by atoms with Gasteiger partial charge in [-0.05, 0) is 44.0 Å². The van der Waals surface area contributed by atoms with Gasteiger partial charge in [0, 0.05) is 13.1 Å². The fourth-order valence-electron chi connectivity index (χ4n) is 2.94. The normalized spacial score (nSPS) is 15.4. The lowest BCUT2D eigenvalue weighted by molar-refractivity contribution is -0.153. The number of benzene rings is 1. The number of alkyl halides is 3. The number of ether oxygens (including phenoxy) is 1. The summed E-state index contributed by atoms with van der Waals surface area (Å²) in [5.74, 6) is -0.651.